The highest BCUT2D eigenvalue weighted by atomic mass is 32.2. The number of nitrogens with zero attached hydrogens (tertiary/aromatic N) is 1. The molecule has 0 aliphatic carbocycles. The number of nitrogens with one attached hydrogen (secondary N) is 1. The molecular weight excluding hydrogens is 396 g/mol. The van der Waals surface area contributed by atoms with E-state index in [9.17, 15) is 9.59 Å². The molecule has 1 unspecified atom stereocenters. The van der Waals surface area contributed by atoms with Gasteiger partial charge in [-0.2, -0.15) is 0 Å². The maximum atomic E-state index is 12.5. The lowest BCUT2D eigenvalue weighted by Crippen LogP contribution is -2.27. The zero-order valence-corrected chi connectivity index (χ0v) is 17.6. The van der Waals surface area contributed by atoms with Gasteiger partial charge in [-0.3, -0.25) is 14.5 Å². The molecule has 1 saturated heterocycles. The van der Waals surface area contributed by atoms with Crippen LogP contribution in [0, 0.1) is 6.92 Å². The number of carbonyl (C=O) groups is 2. The molecule has 6 heteroatoms. The average molecular weight is 419 g/mol. The Hall–Kier alpha value is -3.25. The summed E-state index contributed by atoms with van der Waals surface area (Å²) in [4.78, 5) is 26.9. The molecule has 1 aliphatic heterocycles. The lowest BCUT2D eigenvalue weighted by molar-refractivity contribution is -0.115. The largest absolute Gasteiger partial charge is 0.497 e. The van der Waals surface area contributed by atoms with Gasteiger partial charge in [0.15, 0.2) is 0 Å². The van der Waals surface area contributed by atoms with E-state index < -0.39 is 0 Å². The highest BCUT2D eigenvalue weighted by Gasteiger charge is 2.34. The lowest BCUT2D eigenvalue weighted by Gasteiger charge is -2.24. The smallest absolute Gasteiger partial charge is 0.255 e. The van der Waals surface area contributed by atoms with Crippen molar-refractivity contribution in [3.05, 3.63) is 89.5 Å². The van der Waals surface area contributed by atoms with Crippen molar-refractivity contribution >= 4 is 35.0 Å². The molecule has 3 aromatic carbocycles. The Kier molecular flexibility index (Phi) is 5.77. The number of amides is 2. The minimum atomic E-state index is -0.133. The molecule has 4 rings (SSSR count). The molecule has 0 saturated carbocycles. The van der Waals surface area contributed by atoms with E-state index in [-0.39, 0.29) is 17.2 Å². The molecule has 1 N–H and O–H groups in total. The molecule has 0 aromatic heterocycles. The lowest BCUT2D eigenvalue weighted by atomic mass is 10.1. The van der Waals surface area contributed by atoms with E-state index in [4.69, 9.17) is 4.74 Å². The van der Waals surface area contributed by atoms with Crippen LogP contribution in [0.2, 0.25) is 0 Å². The predicted octanol–water partition coefficient (Wildman–Crippen LogP) is 5.03. The van der Waals surface area contributed by atoms with Crippen LogP contribution in [0.15, 0.2) is 72.8 Å². The summed E-state index contributed by atoms with van der Waals surface area (Å²) in [5.41, 5.74) is 4.16. The number of methoxy groups -OCH3 is 1. The second-order valence-electron chi connectivity index (χ2n) is 7.02. The van der Waals surface area contributed by atoms with Crippen LogP contribution in [0.4, 0.5) is 11.4 Å². The Morgan fingerprint density at radius 2 is 1.73 bits per heavy atom. The molecule has 1 fully saturated rings. The second kappa shape index (κ2) is 8.63. The van der Waals surface area contributed by atoms with Crippen molar-refractivity contribution in [1.29, 1.82) is 0 Å². The van der Waals surface area contributed by atoms with E-state index in [1.165, 1.54) is 0 Å². The summed E-state index contributed by atoms with van der Waals surface area (Å²) >= 11 is 1.59. The van der Waals surface area contributed by atoms with Gasteiger partial charge in [-0.1, -0.05) is 30.3 Å². The predicted molar refractivity (Wildman–Crippen MR) is 121 cm³/mol. The monoisotopic (exact) mass is 418 g/mol. The molecule has 0 radical (unpaired) electrons. The van der Waals surface area contributed by atoms with Crippen molar-refractivity contribution in [2.75, 3.05) is 23.1 Å². The summed E-state index contributed by atoms with van der Waals surface area (Å²) in [6, 6.07) is 22.7. The highest BCUT2D eigenvalue weighted by molar-refractivity contribution is 8.00. The summed E-state index contributed by atoms with van der Waals surface area (Å²) < 4.78 is 5.21. The number of rotatable bonds is 5. The molecular formula is C24H22N2O3S. The van der Waals surface area contributed by atoms with Crippen LogP contribution >= 0.6 is 11.8 Å². The van der Waals surface area contributed by atoms with Gasteiger partial charge in [0.05, 0.1) is 12.9 Å². The fourth-order valence-corrected chi connectivity index (χ4v) is 4.63. The maximum Gasteiger partial charge on any atom is 0.255 e. The van der Waals surface area contributed by atoms with Crippen LogP contribution in [0.25, 0.3) is 0 Å². The fraction of sp³-hybridized carbons (Fsp3) is 0.167. The normalized spacial score (nSPS) is 15.9. The molecule has 2 amide bonds. The summed E-state index contributed by atoms with van der Waals surface area (Å²) in [6.45, 7) is 1.92. The number of hydrogen-bond donors (Lipinski definition) is 1. The Bertz CT molecular complexity index is 1060. The number of hydrogen-bond acceptors (Lipinski definition) is 4. The second-order valence-corrected chi connectivity index (χ2v) is 8.08. The number of ether oxygens (including phenoxy) is 1. The number of benzene rings is 3. The Balaban J connectivity index is 1.52. The SMILES string of the molecule is COc1ccc(N2C(=O)CSC2c2ccc(NC(=O)c3ccccc3C)cc2)cc1. The average Bonchev–Trinajstić information content (AvgIpc) is 3.16. The Morgan fingerprint density at radius 1 is 1.03 bits per heavy atom. The van der Waals surface area contributed by atoms with Gasteiger partial charge in [0.1, 0.15) is 11.1 Å². The number of anilines is 2. The first-order valence-electron chi connectivity index (χ1n) is 9.61. The molecule has 0 bridgehead atoms. The summed E-state index contributed by atoms with van der Waals surface area (Å²) in [5.74, 6) is 1.13. The van der Waals surface area contributed by atoms with Crippen LogP contribution in [-0.4, -0.2) is 24.7 Å². The molecule has 3 aromatic rings. The topological polar surface area (TPSA) is 58.6 Å². The first kappa shape index (κ1) is 20.0. The highest BCUT2D eigenvalue weighted by Crippen LogP contribution is 2.42. The molecule has 152 valence electrons. The van der Waals surface area contributed by atoms with E-state index in [1.54, 1.807) is 18.9 Å². The molecule has 5 nitrogen and oxygen atoms in total. The molecule has 0 spiro atoms. The van der Waals surface area contributed by atoms with E-state index in [2.05, 4.69) is 5.32 Å². The first-order chi connectivity index (χ1) is 14.6. The van der Waals surface area contributed by atoms with Gasteiger partial charge in [0.2, 0.25) is 5.91 Å². The molecule has 1 atom stereocenters. The van der Waals surface area contributed by atoms with E-state index in [0.717, 1.165) is 28.3 Å². The maximum absolute atomic E-state index is 12.5. The van der Waals surface area contributed by atoms with Gasteiger partial charge in [-0.15, -0.1) is 11.8 Å². The third-order valence-corrected chi connectivity index (χ3v) is 6.27. The molecule has 1 aliphatic rings. The Labute approximate surface area is 180 Å². The number of carbonyl (C=O) groups excluding carboxylic acids is 2. The third-order valence-electron chi connectivity index (χ3n) is 5.06. The van der Waals surface area contributed by atoms with Crippen LogP contribution in [-0.2, 0) is 4.79 Å². The standard InChI is InChI=1S/C24H22N2O3S/c1-16-5-3-4-6-21(16)23(28)25-18-9-7-17(8-10-18)24-26(22(27)15-30-24)19-11-13-20(29-2)14-12-19/h3-14,24H,15H2,1-2H3,(H,25,28). The summed E-state index contributed by atoms with van der Waals surface area (Å²) in [7, 11) is 1.62. The van der Waals surface area contributed by atoms with Crippen molar-refractivity contribution < 1.29 is 14.3 Å². The van der Waals surface area contributed by atoms with Crippen molar-refractivity contribution in [1.82, 2.24) is 0 Å². The van der Waals surface area contributed by atoms with Gasteiger partial charge in [-0.05, 0) is 60.5 Å². The minimum absolute atomic E-state index is 0.0760. The van der Waals surface area contributed by atoms with Gasteiger partial charge in [0.25, 0.3) is 5.91 Å². The van der Waals surface area contributed by atoms with Gasteiger partial charge in [0, 0.05) is 16.9 Å². The van der Waals surface area contributed by atoms with Crippen molar-refractivity contribution in [2.24, 2.45) is 0 Å². The van der Waals surface area contributed by atoms with Crippen molar-refractivity contribution in [3.8, 4) is 5.75 Å². The van der Waals surface area contributed by atoms with Crippen molar-refractivity contribution in [2.45, 2.75) is 12.3 Å². The van der Waals surface area contributed by atoms with E-state index in [1.807, 2.05) is 84.6 Å². The van der Waals surface area contributed by atoms with Crippen LogP contribution in [0.3, 0.4) is 0 Å². The number of aryl methyl sites for hydroxylation is 1. The summed E-state index contributed by atoms with van der Waals surface area (Å²) in [5, 5.41) is 2.84. The Morgan fingerprint density at radius 3 is 2.40 bits per heavy atom. The van der Waals surface area contributed by atoms with Gasteiger partial charge < -0.3 is 10.1 Å². The van der Waals surface area contributed by atoms with E-state index in [0.29, 0.717) is 11.3 Å². The van der Waals surface area contributed by atoms with Gasteiger partial charge >= 0.3 is 0 Å². The van der Waals surface area contributed by atoms with Crippen LogP contribution in [0.5, 0.6) is 5.75 Å². The minimum Gasteiger partial charge on any atom is -0.497 e. The zero-order chi connectivity index (χ0) is 21.1. The zero-order valence-electron chi connectivity index (χ0n) is 16.8. The van der Waals surface area contributed by atoms with Crippen LogP contribution < -0.4 is 15.0 Å². The van der Waals surface area contributed by atoms with Gasteiger partial charge in [-0.25, -0.2) is 0 Å². The quantitative estimate of drug-likeness (QED) is 0.631. The van der Waals surface area contributed by atoms with Crippen molar-refractivity contribution in [3.63, 3.8) is 0 Å². The number of thioether (sulfide) groups is 1. The fourth-order valence-electron chi connectivity index (χ4n) is 3.45. The summed E-state index contributed by atoms with van der Waals surface area (Å²) in [6.07, 6.45) is 0. The third kappa shape index (κ3) is 4.04. The van der Waals surface area contributed by atoms with E-state index >= 15 is 0 Å². The first-order valence-corrected chi connectivity index (χ1v) is 10.7. The molecule has 1 heterocycles. The molecule has 30 heavy (non-hydrogen) atoms. The van der Waals surface area contributed by atoms with Crippen LogP contribution in [0.1, 0.15) is 26.9 Å².